The van der Waals surface area contributed by atoms with E-state index in [0.29, 0.717) is 0 Å². The van der Waals surface area contributed by atoms with Gasteiger partial charge in [-0.15, -0.1) is 0 Å². The molecule has 0 saturated heterocycles. The average Bonchev–Trinajstić information content (AvgIpc) is 2.79. The fourth-order valence-corrected chi connectivity index (χ4v) is 2.97. The van der Waals surface area contributed by atoms with Crippen molar-refractivity contribution in [1.29, 1.82) is 0 Å². The molecular weight excluding hydrogens is 220 g/mol. The molecule has 2 heteroatoms. The quantitative estimate of drug-likeness (QED) is 0.809. The van der Waals surface area contributed by atoms with E-state index in [9.17, 15) is 0 Å². The van der Waals surface area contributed by atoms with Gasteiger partial charge in [0.1, 0.15) is 0 Å². The summed E-state index contributed by atoms with van der Waals surface area (Å²) in [5, 5.41) is 3.77. The summed E-state index contributed by atoms with van der Waals surface area (Å²) >= 11 is 0. The van der Waals surface area contributed by atoms with E-state index in [-0.39, 0.29) is 5.54 Å². The van der Waals surface area contributed by atoms with Crippen LogP contribution in [0, 0.1) is 5.92 Å². The zero-order valence-corrected chi connectivity index (χ0v) is 11.7. The van der Waals surface area contributed by atoms with Crippen LogP contribution in [-0.4, -0.2) is 18.6 Å². The highest BCUT2D eigenvalue weighted by Crippen LogP contribution is 2.29. The van der Waals surface area contributed by atoms with Crippen molar-refractivity contribution in [2.24, 2.45) is 11.7 Å². The monoisotopic (exact) mass is 246 g/mol. The topological polar surface area (TPSA) is 38.0 Å². The summed E-state index contributed by atoms with van der Waals surface area (Å²) in [7, 11) is 0. The first kappa shape index (κ1) is 13.6. The summed E-state index contributed by atoms with van der Waals surface area (Å²) in [5.74, 6) is 0.775. The first-order valence-corrected chi connectivity index (χ1v) is 7.25. The van der Waals surface area contributed by atoms with Crippen LogP contribution in [-0.2, 0) is 12.8 Å². The van der Waals surface area contributed by atoms with E-state index in [1.54, 1.807) is 0 Å². The van der Waals surface area contributed by atoms with Gasteiger partial charge >= 0.3 is 0 Å². The number of nitrogens with one attached hydrogen (secondary N) is 1. The molecule has 2 nitrogen and oxygen atoms in total. The molecule has 0 unspecified atom stereocenters. The van der Waals surface area contributed by atoms with E-state index < -0.39 is 0 Å². The van der Waals surface area contributed by atoms with Gasteiger partial charge in [0, 0.05) is 12.1 Å². The van der Waals surface area contributed by atoms with Gasteiger partial charge in [0.25, 0.3) is 0 Å². The van der Waals surface area contributed by atoms with Gasteiger partial charge in [-0.3, -0.25) is 0 Å². The predicted molar refractivity (Wildman–Crippen MR) is 77.7 cm³/mol. The Balaban J connectivity index is 2.02. The SMILES string of the molecule is CCC(CC)CNC1(CN)Cc2ccccc2C1. The van der Waals surface area contributed by atoms with Crippen LogP contribution < -0.4 is 11.1 Å². The van der Waals surface area contributed by atoms with E-state index in [0.717, 1.165) is 31.8 Å². The standard InChI is InChI=1S/C16H26N2/c1-3-13(4-2)11-18-16(12-17)9-14-7-5-6-8-15(14)10-16/h5-8,13,18H,3-4,9-12,17H2,1-2H3. The van der Waals surface area contributed by atoms with Crippen molar-refractivity contribution in [2.45, 2.75) is 45.1 Å². The van der Waals surface area contributed by atoms with Gasteiger partial charge in [-0.1, -0.05) is 51.0 Å². The number of fused-ring (bicyclic) bond motifs is 1. The lowest BCUT2D eigenvalue weighted by Gasteiger charge is -2.31. The molecule has 18 heavy (non-hydrogen) atoms. The third-order valence-corrected chi connectivity index (χ3v) is 4.49. The summed E-state index contributed by atoms with van der Waals surface area (Å²) in [5.41, 5.74) is 9.10. The summed E-state index contributed by atoms with van der Waals surface area (Å²) < 4.78 is 0. The Kier molecular flexibility index (Phi) is 4.41. The highest BCUT2D eigenvalue weighted by molar-refractivity contribution is 5.36. The summed E-state index contributed by atoms with van der Waals surface area (Å²) in [6.45, 7) is 6.36. The maximum Gasteiger partial charge on any atom is 0.0385 e. The van der Waals surface area contributed by atoms with Crippen molar-refractivity contribution in [3.05, 3.63) is 35.4 Å². The smallest absolute Gasteiger partial charge is 0.0385 e. The van der Waals surface area contributed by atoms with Gasteiger partial charge in [-0.2, -0.15) is 0 Å². The lowest BCUT2D eigenvalue weighted by Crippen LogP contribution is -2.53. The summed E-state index contributed by atoms with van der Waals surface area (Å²) in [6.07, 6.45) is 4.66. The fraction of sp³-hybridized carbons (Fsp3) is 0.625. The molecule has 0 amide bonds. The minimum Gasteiger partial charge on any atom is -0.329 e. The molecule has 1 aliphatic rings. The van der Waals surface area contributed by atoms with Gasteiger partial charge in [-0.25, -0.2) is 0 Å². The van der Waals surface area contributed by atoms with Crippen molar-refractivity contribution < 1.29 is 0 Å². The van der Waals surface area contributed by atoms with Crippen LogP contribution in [0.4, 0.5) is 0 Å². The predicted octanol–water partition coefficient (Wildman–Crippen LogP) is 2.51. The van der Waals surface area contributed by atoms with Gasteiger partial charge in [0.05, 0.1) is 0 Å². The van der Waals surface area contributed by atoms with E-state index in [1.807, 2.05) is 0 Å². The number of nitrogens with two attached hydrogens (primary N) is 1. The van der Waals surface area contributed by atoms with Crippen molar-refractivity contribution in [3.8, 4) is 0 Å². The van der Waals surface area contributed by atoms with Crippen molar-refractivity contribution in [1.82, 2.24) is 5.32 Å². The Bertz CT molecular complexity index is 357. The van der Waals surface area contributed by atoms with Crippen molar-refractivity contribution in [2.75, 3.05) is 13.1 Å². The van der Waals surface area contributed by atoms with Crippen LogP contribution >= 0.6 is 0 Å². The van der Waals surface area contributed by atoms with Gasteiger partial charge < -0.3 is 11.1 Å². The summed E-state index contributed by atoms with van der Waals surface area (Å²) in [4.78, 5) is 0. The Morgan fingerprint density at radius 3 is 2.17 bits per heavy atom. The van der Waals surface area contributed by atoms with Crippen LogP contribution in [0.5, 0.6) is 0 Å². The first-order chi connectivity index (χ1) is 8.73. The largest absolute Gasteiger partial charge is 0.329 e. The molecule has 0 heterocycles. The molecule has 1 aromatic rings. The van der Waals surface area contributed by atoms with Crippen molar-refractivity contribution in [3.63, 3.8) is 0 Å². The Morgan fingerprint density at radius 2 is 1.72 bits per heavy atom. The minimum atomic E-state index is 0.103. The minimum absolute atomic E-state index is 0.103. The Morgan fingerprint density at radius 1 is 1.17 bits per heavy atom. The maximum atomic E-state index is 6.05. The number of hydrogen-bond donors (Lipinski definition) is 2. The molecule has 3 N–H and O–H groups in total. The number of benzene rings is 1. The third kappa shape index (κ3) is 2.76. The number of rotatable bonds is 6. The lowest BCUT2D eigenvalue weighted by atomic mass is 9.93. The van der Waals surface area contributed by atoms with Gasteiger partial charge in [0.15, 0.2) is 0 Å². The molecule has 0 radical (unpaired) electrons. The Hall–Kier alpha value is -0.860. The molecule has 0 saturated carbocycles. The van der Waals surface area contributed by atoms with Crippen LogP contribution in [0.1, 0.15) is 37.8 Å². The zero-order valence-electron chi connectivity index (χ0n) is 11.7. The van der Waals surface area contributed by atoms with Crippen LogP contribution in [0.25, 0.3) is 0 Å². The second kappa shape index (κ2) is 5.85. The second-order valence-corrected chi connectivity index (χ2v) is 5.67. The molecule has 100 valence electrons. The molecular formula is C16H26N2. The third-order valence-electron chi connectivity index (χ3n) is 4.49. The zero-order chi connectivity index (χ0) is 13.0. The van der Waals surface area contributed by atoms with E-state index in [4.69, 9.17) is 5.73 Å². The molecule has 0 aliphatic heterocycles. The van der Waals surface area contributed by atoms with Crippen LogP contribution in [0.2, 0.25) is 0 Å². The second-order valence-electron chi connectivity index (χ2n) is 5.67. The molecule has 0 spiro atoms. The van der Waals surface area contributed by atoms with Crippen LogP contribution in [0.15, 0.2) is 24.3 Å². The van der Waals surface area contributed by atoms with Gasteiger partial charge in [-0.05, 0) is 36.4 Å². The van der Waals surface area contributed by atoms with E-state index in [2.05, 4.69) is 43.4 Å². The van der Waals surface area contributed by atoms with Crippen LogP contribution in [0.3, 0.4) is 0 Å². The average molecular weight is 246 g/mol. The first-order valence-electron chi connectivity index (χ1n) is 7.25. The normalized spacial score (nSPS) is 17.1. The highest BCUT2D eigenvalue weighted by atomic mass is 15.0. The molecule has 0 bridgehead atoms. The maximum absolute atomic E-state index is 6.05. The lowest BCUT2D eigenvalue weighted by molar-refractivity contribution is 0.309. The molecule has 2 rings (SSSR count). The number of hydrogen-bond acceptors (Lipinski definition) is 2. The van der Waals surface area contributed by atoms with E-state index in [1.165, 1.54) is 24.0 Å². The van der Waals surface area contributed by atoms with Crippen molar-refractivity contribution >= 4 is 0 Å². The molecule has 0 atom stereocenters. The Labute approximate surface area is 111 Å². The summed E-state index contributed by atoms with van der Waals surface area (Å²) in [6, 6.07) is 8.75. The molecule has 1 aliphatic carbocycles. The molecule has 0 fully saturated rings. The van der Waals surface area contributed by atoms with E-state index >= 15 is 0 Å². The molecule has 1 aromatic carbocycles. The fourth-order valence-electron chi connectivity index (χ4n) is 2.97. The van der Waals surface area contributed by atoms with Gasteiger partial charge in [0.2, 0.25) is 0 Å². The molecule has 0 aromatic heterocycles. The highest BCUT2D eigenvalue weighted by Gasteiger charge is 2.35.